The van der Waals surface area contributed by atoms with Gasteiger partial charge in [0, 0.05) is 17.3 Å². The summed E-state index contributed by atoms with van der Waals surface area (Å²) in [5.41, 5.74) is 0.411. The molecule has 1 aliphatic carbocycles. The molecule has 3 rings (SSSR count). The molecule has 1 saturated carbocycles. The quantitative estimate of drug-likeness (QED) is 0.739. The van der Waals surface area contributed by atoms with Gasteiger partial charge in [0.25, 0.3) is 5.79 Å². The molecule has 1 aromatic rings. The number of methoxy groups -OCH3 is 1. The highest BCUT2D eigenvalue weighted by molar-refractivity contribution is 9.10. The van der Waals surface area contributed by atoms with Crippen molar-refractivity contribution in [3.05, 3.63) is 22.2 Å². The predicted molar refractivity (Wildman–Crippen MR) is 72.6 cm³/mol. The minimum atomic E-state index is -0.579. The van der Waals surface area contributed by atoms with Gasteiger partial charge in [0.2, 0.25) is 0 Å². The molecule has 102 valence electrons. The molecule has 4 nitrogen and oxygen atoms in total. The average molecular weight is 327 g/mol. The van der Waals surface area contributed by atoms with Gasteiger partial charge < -0.3 is 14.2 Å². The fourth-order valence-corrected chi connectivity index (χ4v) is 3.15. The number of fused-ring (bicyclic) bond motifs is 1. The van der Waals surface area contributed by atoms with E-state index in [0.717, 1.165) is 30.2 Å². The van der Waals surface area contributed by atoms with Crippen molar-refractivity contribution < 1.29 is 19.0 Å². The smallest absolute Gasteiger partial charge is 0.341 e. The molecule has 1 fully saturated rings. The van der Waals surface area contributed by atoms with E-state index in [1.807, 2.05) is 6.07 Å². The molecule has 2 aliphatic rings. The monoisotopic (exact) mass is 326 g/mol. The largest absolute Gasteiger partial charge is 0.465 e. The Balaban J connectivity index is 2.00. The molecule has 0 radical (unpaired) electrons. The van der Waals surface area contributed by atoms with Gasteiger partial charge >= 0.3 is 5.97 Å². The van der Waals surface area contributed by atoms with Crippen molar-refractivity contribution in [3.63, 3.8) is 0 Å². The Morgan fingerprint density at radius 1 is 1.26 bits per heavy atom. The maximum Gasteiger partial charge on any atom is 0.341 e. The third-order valence-electron chi connectivity index (χ3n) is 3.62. The first-order valence-corrected chi connectivity index (χ1v) is 7.23. The predicted octanol–water partition coefficient (Wildman–Crippen LogP) is 3.67. The summed E-state index contributed by atoms with van der Waals surface area (Å²) in [6, 6.07) is 3.54. The van der Waals surface area contributed by atoms with Gasteiger partial charge in [0.05, 0.1) is 7.11 Å². The lowest BCUT2D eigenvalue weighted by Crippen LogP contribution is -2.40. The van der Waals surface area contributed by atoms with Crippen LogP contribution in [0, 0.1) is 0 Å². The molecule has 5 heteroatoms. The van der Waals surface area contributed by atoms with Crippen LogP contribution in [-0.2, 0) is 4.74 Å². The van der Waals surface area contributed by atoms with E-state index in [-0.39, 0.29) is 0 Å². The lowest BCUT2D eigenvalue weighted by atomic mass is 9.94. The van der Waals surface area contributed by atoms with E-state index in [1.165, 1.54) is 13.5 Å². The molecule has 19 heavy (non-hydrogen) atoms. The maximum atomic E-state index is 11.8. The van der Waals surface area contributed by atoms with Crippen molar-refractivity contribution in [2.24, 2.45) is 0 Å². The Bertz CT molecular complexity index is 520. The van der Waals surface area contributed by atoms with Crippen LogP contribution in [0.25, 0.3) is 0 Å². The molecule has 1 spiro atoms. The molecule has 0 atom stereocenters. The summed E-state index contributed by atoms with van der Waals surface area (Å²) in [5.74, 6) is 0.145. The zero-order chi connectivity index (χ0) is 13.5. The van der Waals surface area contributed by atoms with E-state index >= 15 is 0 Å². The first-order chi connectivity index (χ1) is 9.13. The molecule has 0 N–H and O–H groups in total. The first-order valence-electron chi connectivity index (χ1n) is 6.43. The van der Waals surface area contributed by atoms with Crippen molar-refractivity contribution >= 4 is 21.9 Å². The van der Waals surface area contributed by atoms with E-state index < -0.39 is 11.8 Å². The number of halogens is 1. The molecule has 0 amide bonds. The van der Waals surface area contributed by atoms with Crippen LogP contribution in [0.2, 0.25) is 0 Å². The van der Waals surface area contributed by atoms with Crippen LogP contribution >= 0.6 is 15.9 Å². The summed E-state index contributed by atoms with van der Waals surface area (Å²) in [4.78, 5) is 11.8. The normalized spacial score (nSPS) is 19.5. The van der Waals surface area contributed by atoms with Gasteiger partial charge in [-0.2, -0.15) is 0 Å². The Labute approximate surface area is 120 Å². The van der Waals surface area contributed by atoms with Crippen LogP contribution in [-0.4, -0.2) is 18.9 Å². The van der Waals surface area contributed by atoms with Crippen LogP contribution in [0.3, 0.4) is 0 Å². The Hall–Kier alpha value is -1.23. The summed E-state index contributed by atoms with van der Waals surface area (Å²) in [6.07, 6.45) is 5.10. The highest BCUT2D eigenvalue weighted by atomic mass is 79.9. The van der Waals surface area contributed by atoms with Gasteiger partial charge in [0.15, 0.2) is 11.5 Å². The van der Waals surface area contributed by atoms with E-state index in [9.17, 15) is 4.79 Å². The summed E-state index contributed by atoms with van der Waals surface area (Å²) in [7, 11) is 1.36. The Morgan fingerprint density at radius 3 is 2.68 bits per heavy atom. The van der Waals surface area contributed by atoms with Gasteiger partial charge in [-0.05, 0) is 25.0 Å². The molecule has 1 aliphatic heterocycles. The topological polar surface area (TPSA) is 44.8 Å². The molecule has 0 unspecified atom stereocenters. The van der Waals surface area contributed by atoms with E-state index in [2.05, 4.69) is 15.9 Å². The Morgan fingerprint density at radius 2 is 2.00 bits per heavy atom. The standard InChI is InChI=1S/C14H15BrO4/c1-17-13(16)10-7-9(15)8-11-12(10)19-14(18-11)5-3-2-4-6-14/h7-8H,2-6H2,1H3. The van der Waals surface area contributed by atoms with Crippen molar-refractivity contribution in [2.75, 3.05) is 7.11 Å². The lowest BCUT2D eigenvalue weighted by molar-refractivity contribution is -0.105. The number of carbonyl (C=O) groups is 1. The highest BCUT2D eigenvalue weighted by Crippen LogP contribution is 2.48. The molecule has 0 saturated heterocycles. The maximum absolute atomic E-state index is 11.8. The summed E-state index contributed by atoms with van der Waals surface area (Å²) >= 11 is 3.38. The summed E-state index contributed by atoms with van der Waals surface area (Å²) in [6.45, 7) is 0. The second-order valence-electron chi connectivity index (χ2n) is 4.95. The average Bonchev–Trinajstić information content (AvgIpc) is 2.75. The van der Waals surface area contributed by atoms with E-state index in [4.69, 9.17) is 14.2 Å². The second kappa shape index (κ2) is 4.71. The van der Waals surface area contributed by atoms with Gasteiger partial charge in [-0.3, -0.25) is 0 Å². The molecular weight excluding hydrogens is 312 g/mol. The number of carbonyl (C=O) groups excluding carboxylic acids is 1. The Kier molecular flexibility index (Phi) is 3.17. The molecular formula is C14H15BrO4. The lowest BCUT2D eigenvalue weighted by Gasteiger charge is -2.31. The van der Waals surface area contributed by atoms with Gasteiger partial charge in [0.1, 0.15) is 5.56 Å². The number of hydrogen-bond acceptors (Lipinski definition) is 4. The van der Waals surface area contributed by atoms with Crippen LogP contribution in [0.15, 0.2) is 16.6 Å². The number of benzene rings is 1. The summed E-state index contributed by atoms with van der Waals surface area (Å²) < 4.78 is 17.6. The minimum absolute atomic E-state index is 0.408. The minimum Gasteiger partial charge on any atom is -0.465 e. The molecule has 1 heterocycles. The zero-order valence-electron chi connectivity index (χ0n) is 10.7. The van der Waals surface area contributed by atoms with Gasteiger partial charge in [-0.1, -0.05) is 22.4 Å². The second-order valence-corrected chi connectivity index (χ2v) is 5.86. The van der Waals surface area contributed by atoms with Gasteiger partial charge in [-0.15, -0.1) is 0 Å². The fraction of sp³-hybridized carbons (Fsp3) is 0.500. The third-order valence-corrected chi connectivity index (χ3v) is 4.08. The fourth-order valence-electron chi connectivity index (χ4n) is 2.71. The van der Waals surface area contributed by atoms with Crippen molar-refractivity contribution in [1.29, 1.82) is 0 Å². The van der Waals surface area contributed by atoms with Crippen molar-refractivity contribution in [2.45, 2.75) is 37.9 Å². The highest BCUT2D eigenvalue weighted by Gasteiger charge is 2.44. The third kappa shape index (κ3) is 2.20. The van der Waals surface area contributed by atoms with E-state index in [1.54, 1.807) is 6.07 Å². The van der Waals surface area contributed by atoms with Crippen LogP contribution in [0.5, 0.6) is 11.5 Å². The van der Waals surface area contributed by atoms with E-state index in [0.29, 0.717) is 17.1 Å². The molecule has 1 aromatic carbocycles. The van der Waals surface area contributed by atoms with Crippen LogP contribution in [0.4, 0.5) is 0 Å². The van der Waals surface area contributed by atoms with Crippen molar-refractivity contribution in [3.8, 4) is 11.5 Å². The number of hydrogen-bond donors (Lipinski definition) is 0. The van der Waals surface area contributed by atoms with Gasteiger partial charge in [-0.25, -0.2) is 4.79 Å². The molecule has 0 bridgehead atoms. The SMILES string of the molecule is COC(=O)c1cc(Br)cc2c1OC1(CCCCC1)O2. The number of esters is 1. The number of rotatable bonds is 1. The summed E-state index contributed by atoms with van der Waals surface area (Å²) in [5, 5.41) is 0. The first kappa shape index (κ1) is 12.8. The zero-order valence-corrected chi connectivity index (χ0v) is 12.3. The van der Waals surface area contributed by atoms with Crippen molar-refractivity contribution in [1.82, 2.24) is 0 Å². The van der Waals surface area contributed by atoms with Crippen LogP contribution < -0.4 is 9.47 Å². The van der Waals surface area contributed by atoms with Crippen LogP contribution in [0.1, 0.15) is 42.5 Å². The number of ether oxygens (including phenoxy) is 3. The molecule has 0 aromatic heterocycles.